The molecular weight excluding hydrogens is 198 g/mol. The van der Waals surface area contributed by atoms with Gasteiger partial charge in [0.2, 0.25) is 0 Å². The highest BCUT2D eigenvalue weighted by Gasteiger charge is 2.30. The van der Waals surface area contributed by atoms with Gasteiger partial charge in [0.05, 0.1) is 6.61 Å². The van der Waals surface area contributed by atoms with Crippen molar-refractivity contribution >= 4 is 0 Å². The molecule has 88 valence electrons. The molecule has 1 aromatic rings. The highest BCUT2D eigenvalue weighted by atomic mass is 16.5. The van der Waals surface area contributed by atoms with Crippen molar-refractivity contribution in [3.8, 4) is 0 Å². The number of benzene rings is 1. The van der Waals surface area contributed by atoms with Crippen LogP contribution in [0.5, 0.6) is 0 Å². The fourth-order valence-electron chi connectivity index (χ4n) is 2.11. The smallest absolute Gasteiger partial charge is 0.120 e. The van der Waals surface area contributed by atoms with Gasteiger partial charge in [-0.2, -0.15) is 0 Å². The van der Waals surface area contributed by atoms with E-state index < -0.39 is 0 Å². The highest BCUT2D eigenvalue weighted by molar-refractivity contribution is 5.26. The van der Waals surface area contributed by atoms with Crippen molar-refractivity contribution in [2.75, 3.05) is 13.2 Å². The predicted octanol–water partition coefficient (Wildman–Crippen LogP) is 2.51. The van der Waals surface area contributed by atoms with Crippen LogP contribution in [0.3, 0.4) is 0 Å². The summed E-state index contributed by atoms with van der Waals surface area (Å²) in [5.74, 6) is 0.616. The summed E-state index contributed by atoms with van der Waals surface area (Å²) >= 11 is 0. The van der Waals surface area contributed by atoms with Crippen molar-refractivity contribution in [3.05, 3.63) is 35.4 Å². The van der Waals surface area contributed by atoms with Crippen molar-refractivity contribution in [3.63, 3.8) is 0 Å². The fourth-order valence-corrected chi connectivity index (χ4v) is 2.11. The molecule has 1 aliphatic heterocycles. The van der Waals surface area contributed by atoms with E-state index in [1.54, 1.807) is 0 Å². The number of hydrogen-bond acceptors (Lipinski definition) is 2. The van der Waals surface area contributed by atoms with Crippen LogP contribution in [0.1, 0.15) is 25.0 Å². The normalized spacial score (nSPS) is 30.3. The van der Waals surface area contributed by atoms with Crippen molar-refractivity contribution in [2.45, 2.75) is 32.9 Å². The van der Waals surface area contributed by atoms with Gasteiger partial charge in [-0.3, -0.25) is 5.32 Å². The van der Waals surface area contributed by atoms with Gasteiger partial charge >= 0.3 is 0 Å². The predicted molar refractivity (Wildman–Crippen MR) is 66.4 cm³/mol. The topological polar surface area (TPSA) is 21.3 Å². The SMILES string of the molecule is Cc1ccccc1CC1(C)NCC(C)CO1. The summed E-state index contributed by atoms with van der Waals surface area (Å²) < 4.78 is 5.93. The zero-order chi connectivity index (χ0) is 11.6. The second kappa shape index (κ2) is 4.56. The molecule has 0 amide bonds. The minimum absolute atomic E-state index is 0.196. The summed E-state index contributed by atoms with van der Waals surface area (Å²) in [7, 11) is 0. The molecule has 0 saturated carbocycles. The Bertz CT molecular complexity index is 354. The van der Waals surface area contributed by atoms with Gasteiger partial charge in [-0.15, -0.1) is 0 Å². The Morgan fingerprint density at radius 2 is 2.19 bits per heavy atom. The van der Waals surface area contributed by atoms with E-state index in [4.69, 9.17) is 4.74 Å². The first-order valence-corrected chi connectivity index (χ1v) is 6.02. The molecule has 2 rings (SSSR count). The second-order valence-electron chi connectivity index (χ2n) is 5.13. The molecule has 0 aromatic heterocycles. The van der Waals surface area contributed by atoms with E-state index in [0.29, 0.717) is 5.92 Å². The lowest BCUT2D eigenvalue weighted by Gasteiger charge is -2.38. The lowest BCUT2D eigenvalue weighted by Crippen LogP contribution is -2.53. The number of rotatable bonds is 2. The minimum atomic E-state index is -0.196. The summed E-state index contributed by atoms with van der Waals surface area (Å²) in [5.41, 5.74) is 2.51. The zero-order valence-electron chi connectivity index (χ0n) is 10.4. The van der Waals surface area contributed by atoms with Crippen LogP contribution in [0.4, 0.5) is 0 Å². The first-order valence-electron chi connectivity index (χ1n) is 6.02. The summed E-state index contributed by atoms with van der Waals surface area (Å²) in [6.45, 7) is 8.41. The molecule has 0 spiro atoms. The lowest BCUT2D eigenvalue weighted by molar-refractivity contribution is -0.0998. The maximum absolute atomic E-state index is 5.93. The van der Waals surface area contributed by atoms with E-state index in [1.807, 2.05) is 0 Å². The molecule has 0 aliphatic carbocycles. The third-order valence-corrected chi connectivity index (χ3v) is 3.30. The van der Waals surface area contributed by atoms with Crippen LogP contribution in [0.2, 0.25) is 0 Å². The summed E-state index contributed by atoms with van der Waals surface area (Å²) in [6.07, 6.45) is 0.937. The van der Waals surface area contributed by atoms with Gasteiger partial charge in [0, 0.05) is 13.0 Å². The number of aryl methyl sites for hydroxylation is 1. The molecule has 1 N–H and O–H groups in total. The van der Waals surface area contributed by atoms with Crippen LogP contribution in [-0.2, 0) is 11.2 Å². The Hall–Kier alpha value is -0.860. The summed E-state index contributed by atoms with van der Waals surface area (Å²) in [5, 5.41) is 3.50. The van der Waals surface area contributed by atoms with Gasteiger partial charge < -0.3 is 4.74 Å². The Balaban J connectivity index is 2.07. The van der Waals surface area contributed by atoms with Gasteiger partial charge in [0.1, 0.15) is 5.72 Å². The molecule has 0 radical (unpaired) electrons. The number of ether oxygens (including phenoxy) is 1. The van der Waals surface area contributed by atoms with Gasteiger partial charge in [0.25, 0.3) is 0 Å². The van der Waals surface area contributed by atoms with E-state index in [9.17, 15) is 0 Å². The lowest BCUT2D eigenvalue weighted by atomic mass is 9.97. The van der Waals surface area contributed by atoms with Gasteiger partial charge in [-0.05, 0) is 30.9 Å². The Labute approximate surface area is 98.0 Å². The molecule has 1 fully saturated rings. The maximum atomic E-state index is 5.93. The van der Waals surface area contributed by atoms with Crippen LogP contribution in [0.15, 0.2) is 24.3 Å². The van der Waals surface area contributed by atoms with Gasteiger partial charge in [-0.25, -0.2) is 0 Å². The van der Waals surface area contributed by atoms with Crippen LogP contribution in [-0.4, -0.2) is 18.9 Å². The molecule has 0 bridgehead atoms. The van der Waals surface area contributed by atoms with Crippen LogP contribution in [0, 0.1) is 12.8 Å². The van der Waals surface area contributed by atoms with Crippen molar-refractivity contribution in [1.29, 1.82) is 0 Å². The first-order chi connectivity index (χ1) is 7.59. The van der Waals surface area contributed by atoms with Crippen LogP contribution in [0.25, 0.3) is 0 Å². The van der Waals surface area contributed by atoms with E-state index in [1.165, 1.54) is 11.1 Å². The molecule has 2 heteroatoms. The molecule has 1 aromatic carbocycles. The molecule has 2 atom stereocenters. The fraction of sp³-hybridized carbons (Fsp3) is 0.571. The first kappa shape index (κ1) is 11.6. The van der Waals surface area contributed by atoms with Gasteiger partial charge in [0.15, 0.2) is 0 Å². The van der Waals surface area contributed by atoms with E-state index in [2.05, 4.69) is 50.4 Å². The van der Waals surface area contributed by atoms with Crippen LogP contribution >= 0.6 is 0 Å². The standard InChI is InChI=1S/C14H21NO/c1-11-9-15-14(3,16-10-11)8-13-7-5-4-6-12(13)2/h4-7,11,15H,8-10H2,1-3H3. The molecule has 1 heterocycles. The summed E-state index contributed by atoms with van der Waals surface area (Å²) in [6, 6.07) is 8.52. The molecular formula is C14H21NO. The molecule has 16 heavy (non-hydrogen) atoms. The average Bonchev–Trinajstić information content (AvgIpc) is 2.27. The molecule has 2 unspecified atom stereocenters. The van der Waals surface area contributed by atoms with E-state index in [0.717, 1.165) is 19.6 Å². The third kappa shape index (κ3) is 2.63. The Morgan fingerprint density at radius 1 is 1.44 bits per heavy atom. The Morgan fingerprint density at radius 3 is 2.81 bits per heavy atom. The van der Waals surface area contributed by atoms with Gasteiger partial charge in [-0.1, -0.05) is 31.2 Å². The monoisotopic (exact) mass is 219 g/mol. The summed E-state index contributed by atoms with van der Waals surface area (Å²) in [4.78, 5) is 0. The molecule has 2 nitrogen and oxygen atoms in total. The molecule has 1 aliphatic rings. The van der Waals surface area contributed by atoms with Crippen molar-refractivity contribution in [2.24, 2.45) is 5.92 Å². The highest BCUT2D eigenvalue weighted by Crippen LogP contribution is 2.21. The second-order valence-corrected chi connectivity index (χ2v) is 5.13. The largest absolute Gasteiger partial charge is 0.360 e. The van der Waals surface area contributed by atoms with Crippen molar-refractivity contribution in [1.82, 2.24) is 5.32 Å². The maximum Gasteiger partial charge on any atom is 0.120 e. The average molecular weight is 219 g/mol. The van der Waals surface area contributed by atoms with Crippen molar-refractivity contribution < 1.29 is 4.74 Å². The minimum Gasteiger partial charge on any atom is -0.360 e. The number of hydrogen-bond donors (Lipinski definition) is 1. The number of nitrogens with one attached hydrogen (secondary N) is 1. The zero-order valence-corrected chi connectivity index (χ0v) is 10.4. The Kier molecular flexibility index (Phi) is 3.31. The van der Waals surface area contributed by atoms with Crippen LogP contribution < -0.4 is 5.32 Å². The quantitative estimate of drug-likeness (QED) is 0.825. The van der Waals surface area contributed by atoms with E-state index in [-0.39, 0.29) is 5.72 Å². The van der Waals surface area contributed by atoms with E-state index >= 15 is 0 Å². The molecule has 1 saturated heterocycles. The third-order valence-electron chi connectivity index (χ3n) is 3.30.